The lowest BCUT2D eigenvalue weighted by atomic mass is 9.77. The van der Waals surface area contributed by atoms with Crippen molar-refractivity contribution >= 4 is 0 Å². The maximum atomic E-state index is 14.9. The first-order valence-electron chi connectivity index (χ1n) is 10.3. The average Bonchev–Trinajstić information content (AvgIpc) is 2.71. The molecule has 2 aromatic rings. The van der Waals surface area contributed by atoms with Crippen molar-refractivity contribution in [1.29, 1.82) is 0 Å². The summed E-state index contributed by atoms with van der Waals surface area (Å²) in [6.45, 7) is 4.25. The van der Waals surface area contributed by atoms with Crippen molar-refractivity contribution in [2.45, 2.75) is 70.8 Å². The molecule has 0 bridgehead atoms. The largest absolute Gasteiger partial charge is 0.482 e. The Morgan fingerprint density at radius 3 is 2.33 bits per heavy atom. The van der Waals surface area contributed by atoms with E-state index in [0.717, 1.165) is 55.6 Å². The Morgan fingerprint density at radius 1 is 0.963 bits per heavy atom. The normalized spacial score (nSPS) is 25.0. The van der Waals surface area contributed by atoms with Gasteiger partial charge in [0.25, 0.3) is 0 Å². The molecule has 2 aliphatic rings. The van der Waals surface area contributed by atoms with Crippen LogP contribution in [-0.4, -0.2) is 0 Å². The predicted molar refractivity (Wildman–Crippen MR) is 104 cm³/mol. The van der Waals surface area contributed by atoms with Gasteiger partial charge in [0.1, 0.15) is 6.10 Å². The van der Waals surface area contributed by atoms with Crippen molar-refractivity contribution in [3.05, 3.63) is 64.2 Å². The fourth-order valence-electron chi connectivity index (χ4n) is 4.68. The molecule has 0 N–H and O–H groups in total. The van der Waals surface area contributed by atoms with E-state index >= 15 is 0 Å². The van der Waals surface area contributed by atoms with Crippen LogP contribution < -0.4 is 4.74 Å². The molecule has 0 radical (unpaired) electrons. The second kappa shape index (κ2) is 7.61. The number of fused-ring (bicyclic) bond motifs is 1. The highest BCUT2D eigenvalue weighted by Crippen LogP contribution is 2.43. The Morgan fingerprint density at radius 2 is 1.67 bits per heavy atom. The Labute approximate surface area is 160 Å². The van der Waals surface area contributed by atoms with Gasteiger partial charge in [-0.05, 0) is 80.0 Å². The number of rotatable bonds is 3. The molecule has 0 aromatic heterocycles. The molecule has 1 nitrogen and oxygen atoms in total. The van der Waals surface area contributed by atoms with E-state index in [1.165, 1.54) is 12.0 Å². The van der Waals surface area contributed by atoms with E-state index in [9.17, 15) is 8.78 Å². The summed E-state index contributed by atoms with van der Waals surface area (Å²) in [4.78, 5) is 0. The quantitative estimate of drug-likeness (QED) is 0.564. The Balaban J connectivity index is 1.58. The van der Waals surface area contributed by atoms with Crippen LogP contribution in [0.3, 0.4) is 0 Å². The van der Waals surface area contributed by atoms with Crippen LogP contribution in [0.2, 0.25) is 0 Å². The van der Waals surface area contributed by atoms with Gasteiger partial charge in [0, 0.05) is 0 Å². The molecule has 1 atom stereocenters. The van der Waals surface area contributed by atoms with Gasteiger partial charge >= 0.3 is 0 Å². The van der Waals surface area contributed by atoms with Crippen molar-refractivity contribution in [3.63, 3.8) is 0 Å². The van der Waals surface area contributed by atoms with Crippen molar-refractivity contribution in [3.8, 4) is 5.75 Å². The van der Waals surface area contributed by atoms with Crippen LogP contribution in [0.4, 0.5) is 8.78 Å². The minimum absolute atomic E-state index is 0.121. The third-order valence-corrected chi connectivity index (χ3v) is 6.52. The van der Waals surface area contributed by atoms with E-state index in [1.807, 2.05) is 37.3 Å². The van der Waals surface area contributed by atoms with E-state index in [-0.39, 0.29) is 17.8 Å². The van der Waals surface area contributed by atoms with Crippen molar-refractivity contribution < 1.29 is 13.5 Å². The molecule has 27 heavy (non-hydrogen) atoms. The first kappa shape index (κ1) is 18.5. The lowest BCUT2D eigenvalue weighted by Crippen LogP contribution is -2.19. The fraction of sp³-hybridized carbons (Fsp3) is 0.500. The Hall–Kier alpha value is -1.90. The van der Waals surface area contributed by atoms with Gasteiger partial charge in [0.2, 0.25) is 5.82 Å². The Bertz CT molecular complexity index is 804. The number of hydrogen-bond acceptors (Lipinski definition) is 1. The van der Waals surface area contributed by atoms with E-state index in [1.54, 1.807) is 0 Å². The summed E-state index contributed by atoms with van der Waals surface area (Å²) in [5, 5.41) is 0. The van der Waals surface area contributed by atoms with Gasteiger partial charge in [-0.25, -0.2) is 4.39 Å². The van der Waals surface area contributed by atoms with E-state index < -0.39 is 11.6 Å². The average molecular weight is 370 g/mol. The minimum Gasteiger partial charge on any atom is -0.482 e. The number of hydrogen-bond donors (Lipinski definition) is 0. The molecule has 1 fully saturated rings. The first-order valence-corrected chi connectivity index (χ1v) is 10.3. The number of aryl methyl sites for hydroxylation is 2. The fourth-order valence-corrected chi connectivity index (χ4v) is 4.68. The van der Waals surface area contributed by atoms with Crippen molar-refractivity contribution in [1.82, 2.24) is 0 Å². The summed E-state index contributed by atoms with van der Waals surface area (Å²) in [7, 11) is 0. The van der Waals surface area contributed by atoms with Crippen molar-refractivity contribution in [2.75, 3.05) is 0 Å². The second-order valence-corrected chi connectivity index (χ2v) is 8.26. The molecule has 0 amide bonds. The highest BCUT2D eigenvalue weighted by molar-refractivity contribution is 5.43. The van der Waals surface area contributed by atoms with Crippen LogP contribution >= 0.6 is 0 Å². The zero-order chi connectivity index (χ0) is 19.0. The molecule has 4 rings (SSSR count). The zero-order valence-electron chi connectivity index (χ0n) is 16.2. The maximum Gasteiger partial charge on any atom is 0.201 e. The molecule has 1 saturated carbocycles. The molecule has 1 unspecified atom stereocenters. The highest BCUT2D eigenvalue weighted by atomic mass is 19.2. The number of benzene rings is 2. The summed E-state index contributed by atoms with van der Waals surface area (Å²) in [6, 6.07) is 9.97. The van der Waals surface area contributed by atoms with Gasteiger partial charge in [-0.15, -0.1) is 0 Å². The van der Waals surface area contributed by atoms with E-state index in [2.05, 4.69) is 6.92 Å². The first-order chi connectivity index (χ1) is 13.1. The number of halogens is 2. The molecule has 0 saturated heterocycles. The van der Waals surface area contributed by atoms with Gasteiger partial charge in [0.05, 0.1) is 0 Å². The minimum atomic E-state index is -0.795. The molecule has 144 valence electrons. The van der Waals surface area contributed by atoms with Gasteiger partial charge in [-0.2, -0.15) is 4.39 Å². The van der Waals surface area contributed by atoms with Gasteiger partial charge in [-0.1, -0.05) is 43.2 Å². The van der Waals surface area contributed by atoms with Crippen LogP contribution in [-0.2, 0) is 6.42 Å². The Kier molecular flexibility index (Phi) is 5.21. The molecular weight excluding hydrogens is 342 g/mol. The second-order valence-electron chi connectivity index (χ2n) is 8.26. The van der Waals surface area contributed by atoms with Crippen LogP contribution in [0.15, 0.2) is 30.3 Å². The zero-order valence-corrected chi connectivity index (χ0v) is 16.2. The summed E-state index contributed by atoms with van der Waals surface area (Å²) in [5.74, 6) is -0.488. The van der Waals surface area contributed by atoms with E-state index in [0.29, 0.717) is 5.56 Å². The van der Waals surface area contributed by atoms with Crippen molar-refractivity contribution in [2.24, 2.45) is 5.92 Å². The SMILES string of the molecule is CC[C@H]1CC[C@H](c2cc3c(c(F)c2F)OC(c2ccc(C)cc2)CC3)CC1. The summed E-state index contributed by atoms with van der Waals surface area (Å²) < 4.78 is 35.7. The van der Waals surface area contributed by atoms with Gasteiger partial charge < -0.3 is 4.74 Å². The third kappa shape index (κ3) is 3.61. The monoisotopic (exact) mass is 370 g/mol. The van der Waals surface area contributed by atoms with Crippen LogP contribution in [0.1, 0.15) is 79.7 Å². The highest BCUT2D eigenvalue weighted by Gasteiger charge is 2.31. The molecule has 1 aliphatic carbocycles. The summed E-state index contributed by atoms with van der Waals surface area (Å²) >= 11 is 0. The molecule has 3 heteroatoms. The predicted octanol–water partition coefficient (Wildman–Crippen LogP) is 7.02. The molecular formula is C24H28F2O. The summed E-state index contributed by atoms with van der Waals surface area (Å²) in [6.07, 6.45) is 6.64. The van der Waals surface area contributed by atoms with Gasteiger partial charge in [-0.3, -0.25) is 0 Å². The lowest BCUT2D eigenvalue weighted by molar-refractivity contribution is 0.165. The summed E-state index contributed by atoms with van der Waals surface area (Å²) in [5.41, 5.74) is 3.59. The maximum absolute atomic E-state index is 14.9. The third-order valence-electron chi connectivity index (χ3n) is 6.52. The van der Waals surface area contributed by atoms with Crippen LogP contribution in [0, 0.1) is 24.5 Å². The molecule has 0 spiro atoms. The number of ether oxygens (including phenoxy) is 1. The molecule has 1 aliphatic heterocycles. The molecule has 1 heterocycles. The lowest BCUT2D eigenvalue weighted by Gasteiger charge is -2.31. The van der Waals surface area contributed by atoms with Gasteiger partial charge in [0.15, 0.2) is 11.6 Å². The topological polar surface area (TPSA) is 9.23 Å². The molecule has 2 aromatic carbocycles. The van der Waals surface area contributed by atoms with Crippen LogP contribution in [0.25, 0.3) is 0 Å². The van der Waals surface area contributed by atoms with Crippen LogP contribution in [0.5, 0.6) is 5.75 Å². The van der Waals surface area contributed by atoms with E-state index in [4.69, 9.17) is 4.74 Å². The standard InChI is InChI=1S/C24H28F2O/c1-3-16-6-10-17(11-7-16)20-14-19-12-13-21(18-8-4-15(2)5-9-18)27-24(19)23(26)22(20)25/h4-5,8-9,14,16-17,21H,3,6-7,10-13H2,1-2H3/t16-,17-,21?. The smallest absolute Gasteiger partial charge is 0.201 e.